The molecule has 2 heterocycles. The van der Waals surface area contributed by atoms with Crippen molar-refractivity contribution >= 4 is 23.6 Å². The topological polar surface area (TPSA) is 90.0 Å². The first-order valence-electron chi connectivity index (χ1n) is 10.3. The standard InChI is InChI=1S/C20H28N4O4/c25-17(21-14-5-6-14)13-22-9-11-23(12-10-22)18(26)7-8-24-19(27)15-3-1-2-4-16(15)20(24)28/h1-2,14-16H,3-13H2,(H,21,25). The summed E-state index contributed by atoms with van der Waals surface area (Å²) in [7, 11) is 0. The van der Waals surface area contributed by atoms with Crippen molar-refractivity contribution in [2.45, 2.75) is 38.1 Å². The molecule has 4 rings (SSSR count). The first-order chi connectivity index (χ1) is 13.5. The summed E-state index contributed by atoms with van der Waals surface area (Å²) >= 11 is 0. The molecule has 2 saturated heterocycles. The van der Waals surface area contributed by atoms with Gasteiger partial charge in [0.2, 0.25) is 23.6 Å². The first kappa shape index (κ1) is 19.1. The maximum Gasteiger partial charge on any atom is 0.234 e. The number of likely N-dealkylation sites (tertiary alicyclic amines) is 1. The van der Waals surface area contributed by atoms with Crippen LogP contribution in [0.15, 0.2) is 12.2 Å². The average Bonchev–Trinajstić information content (AvgIpc) is 3.47. The van der Waals surface area contributed by atoms with Crippen molar-refractivity contribution < 1.29 is 19.2 Å². The highest BCUT2D eigenvalue weighted by molar-refractivity contribution is 6.05. The number of carbonyl (C=O) groups is 4. The third-order valence-electron chi connectivity index (χ3n) is 6.18. The summed E-state index contributed by atoms with van der Waals surface area (Å²) in [6.45, 7) is 3.04. The Kier molecular flexibility index (Phi) is 5.48. The Morgan fingerprint density at radius 3 is 2.14 bits per heavy atom. The van der Waals surface area contributed by atoms with Crippen LogP contribution in [0, 0.1) is 11.8 Å². The molecule has 0 spiro atoms. The van der Waals surface area contributed by atoms with Crippen LogP contribution in [0.25, 0.3) is 0 Å². The van der Waals surface area contributed by atoms with E-state index in [2.05, 4.69) is 10.2 Å². The van der Waals surface area contributed by atoms with Crippen LogP contribution in [0.4, 0.5) is 0 Å². The first-order valence-corrected chi connectivity index (χ1v) is 10.3. The van der Waals surface area contributed by atoms with Crippen LogP contribution in [0.2, 0.25) is 0 Å². The summed E-state index contributed by atoms with van der Waals surface area (Å²) in [6.07, 6.45) is 7.50. The molecule has 4 aliphatic rings. The van der Waals surface area contributed by atoms with E-state index in [4.69, 9.17) is 0 Å². The van der Waals surface area contributed by atoms with E-state index in [9.17, 15) is 19.2 Å². The molecule has 1 N–H and O–H groups in total. The number of carbonyl (C=O) groups excluding carboxylic acids is 4. The lowest BCUT2D eigenvalue weighted by molar-refractivity contribution is -0.141. The summed E-state index contributed by atoms with van der Waals surface area (Å²) in [5.41, 5.74) is 0. The molecule has 2 aliphatic heterocycles. The van der Waals surface area contributed by atoms with Gasteiger partial charge in [0.05, 0.1) is 18.4 Å². The lowest BCUT2D eigenvalue weighted by atomic mass is 9.85. The van der Waals surface area contributed by atoms with E-state index in [1.54, 1.807) is 4.90 Å². The number of nitrogens with zero attached hydrogens (tertiary/aromatic N) is 3. The normalized spacial score (nSPS) is 27.9. The van der Waals surface area contributed by atoms with Crippen LogP contribution in [-0.4, -0.2) is 83.6 Å². The van der Waals surface area contributed by atoms with E-state index in [-0.39, 0.29) is 48.4 Å². The van der Waals surface area contributed by atoms with Gasteiger partial charge in [-0.1, -0.05) is 12.2 Å². The Bertz CT molecular complexity index is 668. The molecule has 8 nitrogen and oxygen atoms in total. The van der Waals surface area contributed by atoms with Crippen molar-refractivity contribution in [1.82, 2.24) is 20.0 Å². The zero-order valence-corrected chi connectivity index (χ0v) is 16.1. The number of hydrogen-bond acceptors (Lipinski definition) is 5. The van der Waals surface area contributed by atoms with E-state index in [0.29, 0.717) is 51.6 Å². The average molecular weight is 388 g/mol. The van der Waals surface area contributed by atoms with Gasteiger partial charge in [-0.3, -0.25) is 29.0 Å². The molecule has 1 saturated carbocycles. The van der Waals surface area contributed by atoms with Crippen LogP contribution in [0.5, 0.6) is 0 Å². The highest BCUT2D eigenvalue weighted by Crippen LogP contribution is 2.35. The SMILES string of the molecule is O=C(CN1CCN(C(=O)CCN2C(=O)C3CC=CCC3C2=O)CC1)NC1CC1. The van der Waals surface area contributed by atoms with E-state index >= 15 is 0 Å². The van der Waals surface area contributed by atoms with Crippen molar-refractivity contribution in [2.75, 3.05) is 39.3 Å². The Morgan fingerprint density at radius 1 is 0.964 bits per heavy atom. The van der Waals surface area contributed by atoms with Crippen molar-refractivity contribution in [2.24, 2.45) is 11.8 Å². The monoisotopic (exact) mass is 388 g/mol. The number of amides is 4. The number of rotatable bonds is 6. The zero-order valence-electron chi connectivity index (χ0n) is 16.1. The molecular weight excluding hydrogens is 360 g/mol. The Balaban J connectivity index is 1.20. The Hall–Kier alpha value is -2.22. The number of hydrogen-bond donors (Lipinski definition) is 1. The largest absolute Gasteiger partial charge is 0.352 e. The Labute approximate surface area is 164 Å². The van der Waals surface area contributed by atoms with Gasteiger partial charge in [0, 0.05) is 45.2 Å². The van der Waals surface area contributed by atoms with Gasteiger partial charge in [-0.05, 0) is 25.7 Å². The van der Waals surface area contributed by atoms with E-state index < -0.39 is 0 Å². The fraction of sp³-hybridized carbons (Fsp3) is 0.700. The van der Waals surface area contributed by atoms with Gasteiger partial charge in [0.15, 0.2) is 0 Å². The minimum absolute atomic E-state index is 0.0318. The molecule has 0 aromatic heterocycles. The van der Waals surface area contributed by atoms with Crippen LogP contribution < -0.4 is 5.32 Å². The molecule has 8 heteroatoms. The number of allylic oxidation sites excluding steroid dienone is 2. The molecule has 3 fully saturated rings. The number of nitrogens with one attached hydrogen (secondary N) is 1. The van der Waals surface area contributed by atoms with Gasteiger partial charge in [-0.25, -0.2) is 0 Å². The van der Waals surface area contributed by atoms with E-state index in [1.165, 1.54) is 4.90 Å². The smallest absolute Gasteiger partial charge is 0.234 e. The summed E-state index contributed by atoms with van der Waals surface area (Å²) in [5, 5.41) is 2.98. The third kappa shape index (κ3) is 4.11. The molecule has 28 heavy (non-hydrogen) atoms. The molecule has 152 valence electrons. The lowest BCUT2D eigenvalue weighted by Gasteiger charge is -2.34. The second kappa shape index (κ2) is 8.03. The third-order valence-corrected chi connectivity index (χ3v) is 6.18. The van der Waals surface area contributed by atoms with Gasteiger partial charge < -0.3 is 10.2 Å². The van der Waals surface area contributed by atoms with Gasteiger partial charge in [0.25, 0.3) is 0 Å². The lowest BCUT2D eigenvalue weighted by Crippen LogP contribution is -2.51. The summed E-state index contributed by atoms with van der Waals surface area (Å²) in [4.78, 5) is 54.5. The maximum atomic E-state index is 12.5. The van der Waals surface area contributed by atoms with Crippen molar-refractivity contribution in [1.29, 1.82) is 0 Å². The second-order valence-electron chi connectivity index (χ2n) is 8.23. The zero-order chi connectivity index (χ0) is 19.7. The molecular formula is C20H28N4O4. The van der Waals surface area contributed by atoms with Gasteiger partial charge >= 0.3 is 0 Å². The van der Waals surface area contributed by atoms with Crippen molar-refractivity contribution in [3.05, 3.63) is 12.2 Å². The predicted octanol–water partition coefficient (Wildman–Crippen LogP) is -0.249. The maximum absolute atomic E-state index is 12.5. The highest BCUT2D eigenvalue weighted by atomic mass is 16.2. The minimum Gasteiger partial charge on any atom is -0.352 e. The van der Waals surface area contributed by atoms with Gasteiger partial charge in [-0.15, -0.1) is 0 Å². The fourth-order valence-corrected chi connectivity index (χ4v) is 4.31. The summed E-state index contributed by atoms with van der Waals surface area (Å²) < 4.78 is 0. The molecule has 4 amide bonds. The molecule has 0 aromatic carbocycles. The predicted molar refractivity (Wildman–Crippen MR) is 101 cm³/mol. The quantitative estimate of drug-likeness (QED) is 0.501. The van der Waals surface area contributed by atoms with E-state index in [1.807, 2.05) is 12.2 Å². The van der Waals surface area contributed by atoms with Crippen LogP contribution in [-0.2, 0) is 19.2 Å². The van der Waals surface area contributed by atoms with Crippen molar-refractivity contribution in [3.63, 3.8) is 0 Å². The highest BCUT2D eigenvalue weighted by Gasteiger charge is 2.47. The molecule has 0 bridgehead atoms. The summed E-state index contributed by atoms with van der Waals surface area (Å²) in [6, 6.07) is 0.367. The molecule has 0 aromatic rings. The Morgan fingerprint density at radius 2 is 1.57 bits per heavy atom. The molecule has 2 atom stereocenters. The molecule has 2 aliphatic carbocycles. The minimum atomic E-state index is -0.238. The number of piperazine rings is 1. The fourth-order valence-electron chi connectivity index (χ4n) is 4.31. The number of imide groups is 1. The van der Waals surface area contributed by atoms with Crippen LogP contribution in [0.3, 0.4) is 0 Å². The van der Waals surface area contributed by atoms with Gasteiger partial charge in [0.1, 0.15) is 0 Å². The van der Waals surface area contributed by atoms with Crippen LogP contribution >= 0.6 is 0 Å². The van der Waals surface area contributed by atoms with Crippen LogP contribution in [0.1, 0.15) is 32.1 Å². The summed E-state index contributed by atoms with van der Waals surface area (Å²) in [5.74, 6) is -0.701. The second-order valence-corrected chi connectivity index (χ2v) is 8.23. The molecule has 2 unspecified atom stereocenters. The van der Waals surface area contributed by atoms with Crippen molar-refractivity contribution in [3.8, 4) is 0 Å². The van der Waals surface area contributed by atoms with Gasteiger partial charge in [-0.2, -0.15) is 0 Å². The number of fused-ring (bicyclic) bond motifs is 1. The van der Waals surface area contributed by atoms with E-state index in [0.717, 1.165) is 12.8 Å². The molecule has 0 radical (unpaired) electrons.